The van der Waals surface area contributed by atoms with Gasteiger partial charge in [0.1, 0.15) is 5.75 Å². The largest absolute Gasteiger partial charge is 0.497 e. The molecule has 0 saturated carbocycles. The van der Waals surface area contributed by atoms with Crippen LogP contribution in [-0.2, 0) is 11.2 Å². The molecule has 2 aliphatic rings. The van der Waals surface area contributed by atoms with Crippen LogP contribution in [0.1, 0.15) is 38.2 Å². The van der Waals surface area contributed by atoms with Gasteiger partial charge in [-0.2, -0.15) is 0 Å². The quantitative estimate of drug-likeness (QED) is 0.837. The van der Waals surface area contributed by atoms with Gasteiger partial charge in [-0.05, 0) is 56.3 Å². The summed E-state index contributed by atoms with van der Waals surface area (Å²) in [5.74, 6) is 1.16. The number of carbonyl (C=O) groups excluding carboxylic acids is 1. The number of ether oxygens (including phenoxy) is 1. The third-order valence-electron chi connectivity index (χ3n) is 5.41. The Bertz CT molecular complexity index is 529. The van der Waals surface area contributed by atoms with Gasteiger partial charge in [-0.25, -0.2) is 0 Å². The predicted octanol–water partition coefficient (Wildman–Crippen LogP) is 2.71. The van der Waals surface area contributed by atoms with E-state index in [-0.39, 0.29) is 5.91 Å². The first-order valence-corrected chi connectivity index (χ1v) is 8.83. The summed E-state index contributed by atoms with van der Waals surface area (Å²) < 4.78 is 5.22. The number of carbonyl (C=O) groups is 1. The minimum absolute atomic E-state index is 0.245. The highest BCUT2D eigenvalue weighted by atomic mass is 16.5. The van der Waals surface area contributed by atoms with Gasteiger partial charge >= 0.3 is 0 Å². The minimum atomic E-state index is 0.245. The van der Waals surface area contributed by atoms with Gasteiger partial charge < -0.3 is 9.64 Å². The summed E-state index contributed by atoms with van der Waals surface area (Å²) in [5.41, 5.74) is 1.35. The van der Waals surface area contributed by atoms with Crippen LogP contribution in [0, 0.1) is 0 Å². The molecule has 0 aromatic heterocycles. The van der Waals surface area contributed by atoms with E-state index >= 15 is 0 Å². The molecule has 0 aliphatic carbocycles. The molecule has 0 unspecified atom stereocenters. The molecular formula is C19H28N2O2. The zero-order valence-corrected chi connectivity index (χ0v) is 14.3. The van der Waals surface area contributed by atoms with Crippen molar-refractivity contribution in [1.29, 1.82) is 0 Å². The Balaban J connectivity index is 1.59. The number of hydrogen-bond acceptors (Lipinski definition) is 3. The zero-order valence-electron chi connectivity index (χ0n) is 14.3. The molecule has 0 N–H and O–H groups in total. The van der Waals surface area contributed by atoms with Crippen LogP contribution in [0.15, 0.2) is 24.3 Å². The van der Waals surface area contributed by atoms with E-state index in [1.54, 1.807) is 14.0 Å². The second-order valence-electron chi connectivity index (χ2n) is 6.77. The van der Waals surface area contributed by atoms with Gasteiger partial charge in [0.2, 0.25) is 5.91 Å². The van der Waals surface area contributed by atoms with Gasteiger partial charge in [0.05, 0.1) is 7.11 Å². The molecule has 0 radical (unpaired) electrons. The van der Waals surface area contributed by atoms with Gasteiger partial charge in [-0.15, -0.1) is 0 Å². The summed E-state index contributed by atoms with van der Waals surface area (Å²) in [4.78, 5) is 16.6. The van der Waals surface area contributed by atoms with E-state index in [0.29, 0.717) is 12.1 Å². The summed E-state index contributed by atoms with van der Waals surface area (Å²) in [7, 11) is 1.70. The predicted molar refractivity (Wildman–Crippen MR) is 91.7 cm³/mol. The Morgan fingerprint density at radius 1 is 1.13 bits per heavy atom. The lowest BCUT2D eigenvalue weighted by Crippen LogP contribution is -2.48. The van der Waals surface area contributed by atoms with Gasteiger partial charge in [0.15, 0.2) is 0 Å². The van der Waals surface area contributed by atoms with E-state index in [0.717, 1.165) is 31.7 Å². The first kappa shape index (κ1) is 16.3. The standard InChI is InChI=1S/C19H28N2O2/c1-15(22)21-13-4-6-19(21)18-5-3-12-20(18)14-11-16-7-9-17(23-2)10-8-16/h7-10,18-19H,3-6,11-14H2,1-2H3/t18-,19+/m0/s1. The van der Waals surface area contributed by atoms with Gasteiger partial charge in [0.25, 0.3) is 0 Å². The Hall–Kier alpha value is -1.55. The fourth-order valence-electron chi connectivity index (χ4n) is 4.21. The third-order valence-corrected chi connectivity index (χ3v) is 5.41. The zero-order chi connectivity index (χ0) is 16.2. The molecule has 2 saturated heterocycles. The van der Waals surface area contributed by atoms with E-state index in [1.165, 1.54) is 31.4 Å². The maximum absolute atomic E-state index is 11.9. The average molecular weight is 316 g/mol. The van der Waals surface area contributed by atoms with E-state index in [1.807, 2.05) is 12.1 Å². The molecule has 2 atom stereocenters. The average Bonchev–Trinajstić information content (AvgIpc) is 3.21. The molecule has 0 spiro atoms. The van der Waals surface area contributed by atoms with Crippen molar-refractivity contribution in [2.24, 2.45) is 0 Å². The number of hydrogen-bond donors (Lipinski definition) is 0. The molecule has 2 heterocycles. The maximum atomic E-state index is 11.9. The number of benzene rings is 1. The summed E-state index contributed by atoms with van der Waals surface area (Å²) in [5, 5.41) is 0. The molecule has 1 aromatic rings. The number of methoxy groups -OCH3 is 1. The van der Waals surface area contributed by atoms with E-state index in [2.05, 4.69) is 21.9 Å². The van der Waals surface area contributed by atoms with Crippen molar-refractivity contribution in [3.8, 4) is 5.75 Å². The van der Waals surface area contributed by atoms with Crippen LogP contribution in [0.2, 0.25) is 0 Å². The number of rotatable bonds is 5. The van der Waals surface area contributed by atoms with Crippen molar-refractivity contribution in [3.05, 3.63) is 29.8 Å². The Morgan fingerprint density at radius 3 is 2.52 bits per heavy atom. The fourth-order valence-corrected chi connectivity index (χ4v) is 4.21. The monoisotopic (exact) mass is 316 g/mol. The number of amides is 1. The van der Waals surface area contributed by atoms with Crippen molar-refractivity contribution >= 4 is 5.91 Å². The molecule has 1 amide bonds. The molecule has 4 nitrogen and oxygen atoms in total. The molecule has 23 heavy (non-hydrogen) atoms. The van der Waals surface area contributed by atoms with E-state index < -0.39 is 0 Å². The lowest BCUT2D eigenvalue weighted by Gasteiger charge is -2.34. The van der Waals surface area contributed by atoms with Crippen LogP contribution in [-0.4, -0.2) is 54.5 Å². The molecule has 126 valence electrons. The molecule has 2 aliphatic heterocycles. The molecule has 2 fully saturated rings. The van der Waals surface area contributed by atoms with Crippen LogP contribution in [0.3, 0.4) is 0 Å². The van der Waals surface area contributed by atoms with Crippen molar-refractivity contribution in [2.45, 2.75) is 51.1 Å². The van der Waals surface area contributed by atoms with Crippen molar-refractivity contribution in [2.75, 3.05) is 26.7 Å². The number of likely N-dealkylation sites (tertiary alicyclic amines) is 2. The molecular weight excluding hydrogens is 288 g/mol. The second-order valence-corrected chi connectivity index (χ2v) is 6.77. The fraction of sp³-hybridized carbons (Fsp3) is 0.632. The van der Waals surface area contributed by atoms with Gasteiger partial charge in [-0.1, -0.05) is 12.1 Å². The summed E-state index contributed by atoms with van der Waals surface area (Å²) in [6, 6.07) is 9.37. The highest BCUT2D eigenvalue weighted by molar-refractivity contribution is 5.74. The van der Waals surface area contributed by atoms with Crippen LogP contribution in [0.5, 0.6) is 5.75 Å². The first-order chi connectivity index (χ1) is 11.2. The second kappa shape index (κ2) is 7.35. The summed E-state index contributed by atoms with van der Waals surface area (Å²) in [6.07, 6.45) is 5.89. The van der Waals surface area contributed by atoms with Crippen molar-refractivity contribution < 1.29 is 9.53 Å². The number of nitrogens with zero attached hydrogens (tertiary/aromatic N) is 2. The van der Waals surface area contributed by atoms with E-state index in [4.69, 9.17) is 4.74 Å². The maximum Gasteiger partial charge on any atom is 0.219 e. The van der Waals surface area contributed by atoms with Crippen molar-refractivity contribution in [1.82, 2.24) is 9.80 Å². The summed E-state index contributed by atoms with van der Waals surface area (Å²) in [6.45, 7) is 4.92. The Morgan fingerprint density at radius 2 is 1.83 bits per heavy atom. The lowest BCUT2D eigenvalue weighted by atomic mass is 10.0. The lowest BCUT2D eigenvalue weighted by molar-refractivity contribution is -0.130. The molecule has 0 bridgehead atoms. The van der Waals surface area contributed by atoms with Crippen LogP contribution >= 0.6 is 0 Å². The first-order valence-electron chi connectivity index (χ1n) is 8.83. The molecule has 4 heteroatoms. The summed E-state index contributed by atoms with van der Waals surface area (Å²) >= 11 is 0. The molecule has 1 aromatic carbocycles. The Labute approximate surface area is 139 Å². The minimum Gasteiger partial charge on any atom is -0.497 e. The molecule has 3 rings (SSSR count). The highest BCUT2D eigenvalue weighted by Crippen LogP contribution is 2.30. The van der Waals surface area contributed by atoms with E-state index in [9.17, 15) is 4.79 Å². The smallest absolute Gasteiger partial charge is 0.219 e. The normalized spacial score (nSPS) is 25.0. The highest BCUT2D eigenvalue weighted by Gasteiger charge is 2.38. The van der Waals surface area contributed by atoms with Crippen molar-refractivity contribution in [3.63, 3.8) is 0 Å². The van der Waals surface area contributed by atoms with Crippen LogP contribution in [0.25, 0.3) is 0 Å². The van der Waals surface area contributed by atoms with Gasteiger partial charge in [0, 0.05) is 32.1 Å². The topological polar surface area (TPSA) is 32.8 Å². The van der Waals surface area contributed by atoms with Crippen LogP contribution < -0.4 is 4.74 Å². The van der Waals surface area contributed by atoms with Crippen LogP contribution in [0.4, 0.5) is 0 Å². The SMILES string of the molecule is COc1ccc(CCN2CCC[C@H]2[C@H]2CCCN2C(C)=O)cc1. The Kier molecular flexibility index (Phi) is 5.21. The van der Waals surface area contributed by atoms with Gasteiger partial charge in [-0.3, -0.25) is 9.69 Å². The third kappa shape index (κ3) is 3.69.